The molecule has 1 atom stereocenters. The fraction of sp³-hybridized carbons (Fsp3) is 0.312. The lowest BCUT2D eigenvalue weighted by Gasteiger charge is -2.36. The van der Waals surface area contributed by atoms with E-state index in [1.165, 1.54) is 6.07 Å². The molecule has 21 heavy (non-hydrogen) atoms. The van der Waals surface area contributed by atoms with Crippen LogP contribution < -0.4 is 5.32 Å². The number of rotatable bonds is 3. The normalized spacial score (nSPS) is 19.6. The predicted molar refractivity (Wildman–Crippen MR) is 84.4 cm³/mol. The van der Waals surface area contributed by atoms with Crippen molar-refractivity contribution in [1.29, 1.82) is 0 Å². The summed E-state index contributed by atoms with van der Waals surface area (Å²) in [7, 11) is 0. The Hall–Kier alpha value is -1.30. The Labute approximate surface area is 132 Å². The Morgan fingerprint density at radius 1 is 1.33 bits per heavy atom. The van der Waals surface area contributed by atoms with E-state index >= 15 is 0 Å². The number of pyridine rings is 1. The van der Waals surface area contributed by atoms with Crippen LogP contribution in [0.15, 0.2) is 47.2 Å². The second-order valence-corrected chi connectivity index (χ2v) is 6.17. The molecule has 0 amide bonds. The summed E-state index contributed by atoms with van der Waals surface area (Å²) < 4.78 is 14.5. The van der Waals surface area contributed by atoms with E-state index in [9.17, 15) is 4.39 Å². The van der Waals surface area contributed by atoms with Crippen molar-refractivity contribution in [2.45, 2.75) is 12.6 Å². The average molecular weight is 350 g/mol. The fourth-order valence-electron chi connectivity index (χ4n) is 2.75. The van der Waals surface area contributed by atoms with E-state index in [2.05, 4.69) is 37.2 Å². The van der Waals surface area contributed by atoms with Crippen LogP contribution in [0, 0.1) is 5.82 Å². The molecule has 5 heteroatoms. The molecule has 110 valence electrons. The molecular weight excluding hydrogens is 333 g/mol. The Balaban J connectivity index is 1.81. The molecule has 1 N–H and O–H groups in total. The van der Waals surface area contributed by atoms with E-state index in [0.29, 0.717) is 0 Å². The van der Waals surface area contributed by atoms with Crippen LogP contribution in [0.2, 0.25) is 0 Å². The quantitative estimate of drug-likeness (QED) is 0.922. The number of hydrogen-bond donors (Lipinski definition) is 1. The molecule has 1 aliphatic heterocycles. The summed E-state index contributed by atoms with van der Waals surface area (Å²) in [6.45, 7) is 3.54. The topological polar surface area (TPSA) is 28.2 Å². The van der Waals surface area contributed by atoms with Gasteiger partial charge in [-0.2, -0.15) is 0 Å². The first kappa shape index (κ1) is 14.6. The van der Waals surface area contributed by atoms with Crippen molar-refractivity contribution in [1.82, 2.24) is 15.2 Å². The van der Waals surface area contributed by atoms with Crippen LogP contribution in [0.3, 0.4) is 0 Å². The zero-order chi connectivity index (χ0) is 14.7. The number of hydrogen-bond acceptors (Lipinski definition) is 3. The largest absolute Gasteiger partial charge is 0.314 e. The van der Waals surface area contributed by atoms with E-state index in [1.54, 1.807) is 18.3 Å². The lowest BCUT2D eigenvalue weighted by Crippen LogP contribution is -2.45. The molecule has 1 unspecified atom stereocenters. The Morgan fingerprint density at radius 2 is 2.24 bits per heavy atom. The van der Waals surface area contributed by atoms with Gasteiger partial charge in [0.1, 0.15) is 5.82 Å². The number of benzene rings is 1. The summed E-state index contributed by atoms with van der Waals surface area (Å²) in [5, 5.41) is 3.39. The summed E-state index contributed by atoms with van der Waals surface area (Å²) in [5.41, 5.74) is 2.18. The van der Waals surface area contributed by atoms with Crippen molar-refractivity contribution in [2.24, 2.45) is 0 Å². The van der Waals surface area contributed by atoms with E-state index in [0.717, 1.165) is 41.8 Å². The highest BCUT2D eigenvalue weighted by Gasteiger charge is 2.24. The van der Waals surface area contributed by atoms with Crippen molar-refractivity contribution in [2.75, 3.05) is 19.6 Å². The highest BCUT2D eigenvalue weighted by molar-refractivity contribution is 9.10. The molecule has 0 radical (unpaired) electrons. The Kier molecular flexibility index (Phi) is 4.63. The van der Waals surface area contributed by atoms with Crippen LogP contribution in [0.5, 0.6) is 0 Å². The van der Waals surface area contributed by atoms with E-state index in [4.69, 9.17) is 0 Å². The zero-order valence-corrected chi connectivity index (χ0v) is 13.2. The van der Waals surface area contributed by atoms with Crippen molar-refractivity contribution >= 4 is 15.9 Å². The van der Waals surface area contributed by atoms with E-state index in [1.807, 2.05) is 12.3 Å². The monoisotopic (exact) mass is 349 g/mol. The average Bonchev–Trinajstić information content (AvgIpc) is 2.48. The summed E-state index contributed by atoms with van der Waals surface area (Å²) in [4.78, 5) is 6.58. The van der Waals surface area contributed by atoms with Crippen molar-refractivity contribution < 1.29 is 4.39 Å². The molecule has 0 aliphatic carbocycles. The van der Waals surface area contributed by atoms with Crippen LogP contribution in [0.4, 0.5) is 4.39 Å². The number of nitrogens with zero attached hydrogens (tertiary/aromatic N) is 2. The van der Waals surface area contributed by atoms with Crippen molar-refractivity contribution in [3.8, 4) is 0 Å². The molecule has 1 saturated heterocycles. The summed E-state index contributed by atoms with van der Waals surface area (Å²) in [6.07, 6.45) is 3.67. The standard InChI is InChI=1S/C16H17BrFN3/c17-14-6-12(8-20-9-14)11-21-5-4-19-10-16(21)13-2-1-3-15(18)7-13/h1-3,6-9,16,19H,4-5,10-11H2. The number of halogens is 2. The third kappa shape index (κ3) is 3.67. The van der Waals surface area contributed by atoms with Crippen LogP contribution in [0.25, 0.3) is 0 Å². The maximum atomic E-state index is 13.5. The first-order valence-corrected chi connectivity index (χ1v) is 7.81. The molecule has 0 spiro atoms. The van der Waals surface area contributed by atoms with Gasteiger partial charge in [-0.1, -0.05) is 12.1 Å². The molecule has 1 aromatic heterocycles. The smallest absolute Gasteiger partial charge is 0.123 e. The van der Waals surface area contributed by atoms with Gasteiger partial charge in [-0.3, -0.25) is 9.88 Å². The van der Waals surface area contributed by atoms with Gasteiger partial charge < -0.3 is 5.32 Å². The Bertz CT molecular complexity index is 620. The van der Waals surface area contributed by atoms with Gasteiger partial charge in [-0.05, 0) is 45.3 Å². The fourth-order valence-corrected chi connectivity index (χ4v) is 3.17. The molecule has 3 nitrogen and oxygen atoms in total. The lowest BCUT2D eigenvalue weighted by molar-refractivity contribution is 0.153. The highest BCUT2D eigenvalue weighted by atomic mass is 79.9. The first-order chi connectivity index (χ1) is 10.2. The van der Waals surface area contributed by atoms with Crippen LogP contribution in [-0.4, -0.2) is 29.5 Å². The molecule has 2 heterocycles. The second-order valence-electron chi connectivity index (χ2n) is 5.26. The molecular formula is C16H17BrFN3. The Morgan fingerprint density at radius 3 is 3.05 bits per heavy atom. The van der Waals surface area contributed by atoms with E-state index in [-0.39, 0.29) is 11.9 Å². The van der Waals surface area contributed by atoms with Gasteiger partial charge in [0.25, 0.3) is 0 Å². The molecule has 1 fully saturated rings. The summed E-state index contributed by atoms with van der Waals surface area (Å²) in [6, 6.07) is 9.16. The molecule has 1 aliphatic rings. The molecule has 1 aromatic carbocycles. The molecule has 3 rings (SSSR count). The van der Waals surface area contributed by atoms with Crippen LogP contribution in [-0.2, 0) is 6.54 Å². The SMILES string of the molecule is Fc1cccc(C2CNCCN2Cc2cncc(Br)c2)c1. The van der Waals surface area contributed by atoms with Gasteiger partial charge in [-0.15, -0.1) is 0 Å². The third-order valence-electron chi connectivity index (χ3n) is 3.73. The van der Waals surface area contributed by atoms with Gasteiger partial charge in [0.2, 0.25) is 0 Å². The lowest BCUT2D eigenvalue weighted by atomic mass is 10.0. The van der Waals surface area contributed by atoms with Crippen LogP contribution >= 0.6 is 15.9 Å². The van der Waals surface area contributed by atoms with Gasteiger partial charge in [0.05, 0.1) is 0 Å². The second kappa shape index (κ2) is 6.64. The van der Waals surface area contributed by atoms with Crippen LogP contribution in [0.1, 0.15) is 17.2 Å². The summed E-state index contributed by atoms with van der Waals surface area (Å²) in [5.74, 6) is -0.179. The zero-order valence-electron chi connectivity index (χ0n) is 11.6. The minimum absolute atomic E-state index is 0.179. The molecule has 2 aromatic rings. The predicted octanol–water partition coefficient (Wildman–Crippen LogP) is 3.13. The molecule has 0 saturated carbocycles. The number of nitrogens with one attached hydrogen (secondary N) is 1. The molecule has 0 bridgehead atoms. The number of piperazine rings is 1. The van der Waals surface area contributed by atoms with E-state index < -0.39 is 0 Å². The maximum Gasteiger partial charge on any atom is 0.123 e. The van der Waals surface area contributed by atoms with Gasteiger partial charge in [0, 0.05) is 49.1 Å². The highest BCUT2D eigenvalue weighted by Crippen LogP contribution is 2.25. The van der Waals surface area contributed by atoms with Gasteiger partial charge >= 0.3 is 0 Å². The first-order valence-electron chi connectivity index (χ1n) is 7.02. The van der Waals surface area contributed by atoms with Crippen molar-refractivity contribution in [3.63, 3.8) is 0 Å². The van der Waals surface area contributed by atoms with Gasteiger partial charge in [0.15, 0.2) is 0 Å². The minimum atomic E-state index is -0.179. The third-order valence-corrected chi connectivity index (χ3v) is 4.17. The minimum Gasteiger partial charge on any atom is -0.314 e. The summed E-state index contributed by atoms with van der Waals surface area (Å²) >= 11 is 3.45. The van der Waals surface area contributed by atoms with Crippen molar-refractivity contribution in [3.05, 3.63) is 64.1 Å². The maximum absolute atomic E-state index is 13.5. The number of aromatic nitrogens is 1. The van der Waals surface area contributed by atoms with Gasteiger partial charge in [-0.25, -0.2) is 4.39 Å².